The molecule has 0 bridgehead atoms. The molecule has 6 heteroatoms. The summed E-state index contributed by atoms with van der Waals surface area (Å²) in [5.74, 6) is 1.19. The van der Waals surface area contributed by atoms with Gasteiger partial charge in [0.1, 0.15) is 0 Å². The van der Waals surface area contributed by atoms with Crippen LogP contribution in [0.3, 0.4) is 0 Å². The molecule has 1 atom stereocenters. The highest BCUT2D eigenvalue weighted by atomic mass is 16.3. The molecule has 0 aliphatic carbocycles. The summed E-state index contributed by atoms with van der Waals surface area (Å²) in [6.07, 6.45) is 0.366. The summed E-state index contributed by atoms with van der Waals surface area (Å²) in [6.45, 7) is 1.63. The van der Waals surface area contributed by atoms with Crippen LogP contribution in [0.25, 0.3) is 0 Å². The summed E-state index contributed by atoms with van der Waals surface area (Å²) >= 11 is 0. The maximum atomic E-state index is 10.7. The van der Waals surface area contributed by atoms with Crippen LogP contribution in [-0.2, 0) is 11.4 Å². The van der Waals surface area contributed by atoms with Gasteiger partial charge in [-0.05, 0) is 6.92 Å². The van der Waals surface area contributed by atoms with Gasteiger partial charge in [-0.2, -0.15) is 0 Å². The van der Waals surface area contributed by atoms with Crippen LogP contribution in [0.1, 0.15) is 11.4 Å². The highest BCUT2D eigenvalue weighted by Crippen LogP contribution is 2.29. The fourth-order valence-corrected chi connectivity index (χ4v) is 1.53. The molecular weight excluding hydrogens is 196 g/mol. The molecular formula is C9H12N4O2. The Balaban J connectivity index is 2.46. The van der Waals surface area contributed by atoms with Crippen LogP contribution in [0.15, 0.2) is 0 Å². The second kappa shape index (κ2) is 3.47. The average Bonchev–Trinajstić information content (AvgIpc) is 2.54. The van der Waals surface area contributed by atoms with Gasteiger partial charge in [-0.25, -0.2) is 9.97 Å². The zero-order valence-electron chi connectivity index (χ0n) is 8.56. The van der Waals surface area contributed by atoms with Crippen molar-refractivity contribution < 1.29 is 9.90 Å². The van der Waals surface area contributed by atoms with E-state index in [1.165, 1.54) is 0 Å². The second-order valence-electron chi connectivity index (χ2n) is 3.42. The smallest absolute Gasteiger partial charge is 0.173 e. The van der Waals surface area contributed by atoms with Crippen LogP contribution in [0, 0.1) is 6.92 Å². The fourth-order valence-electron chi connectivity index (χ4n) is 1.53. The van der Waals surface area contributed by atoms with E-state index in [1.54, 1.807) is 18.9 Å². The lowest BCUT2D eigenvalue weighted by Gasteiger charge is -2.14. The predicted molar refractivity (Wildman–Crippen MR) is 54.6 cm³/mol. The molecule has 0 fully saturated rings. The number of aryl methyl sites for hydroxylation is 1. The molecule has 1 aromatic rings. The number of nitrogens with zero attached hydrogens (tertiary/aromatic N) is 3. The molecule has 0 saturated heterocycles. The lowest BCUT2D eigenvalue weighted by Crippen LogP contribution is -2.33. The Hall–Kier alpha value is -1.69. The molecule has 2 heterocycles. The van der Waals surface area contributed by atoms with Gasteiger partial charge in [-0.1, -0.05) is 0 Å². The summed E-state index contributed by atoms with van der Waals surface area (Å²) in [4.78, 5) is 20.9. The van der Waals surface area contributed by atoms with Crippen molar-refractivity contribution in [1.82, 2.24) is 9.97 Å². The molecule has 0 aromatic carbocycles. The monoisotopic (exact) mass is 208 g/mol. The van der Waals surface area contributed by atoms with Gasteiger partial charge < -0.3 is 15.3 Å². The van der Waals surface area contributed by atoms with Crippen LogP contribution in [0.2, 0.25) is 0 Å². The van der Waals surface area contributed by atoms with Crippen molar-refractivity contribution in [2.24, 2.45) is 0 Å². The topological polar surface area (TPSA) is 78.4 Å². The Labute approximate surface area is 87.0 Å². The summed E-state index contributed by atoms with van der Waals surface area (Å²) in [5.41, 5.74) is 1.21. The normalized spacial score (nSPS) is 18.6. The van der Waals surface area contributed by atoms with Crippen LogP contribution >= 0.6 is 0 Å². The van der Waals surface area contributed by atoms with Crippen LogP contribution in [-0.4, -0.2) is 34.6 Å². The second-order valence-corrected chi connectivity index (χ2v) is 3.42. The third kappa shape index (κ3) is 1.42. The molecule has 1 unspecified atom stereocenters. The summed E-state index contributed by atoms with van der Waals surface area (Å²) < 4.78 is 0. The Morgan fingerprint density at radius 3 is 2.93 bits per heavy atom. The summed E-state index contributed by atoms with van der Waals surface area (Å²) in [6, 6.07) is 0. The number of rotatable bonds is 2. The van der Waals surface area contributed by atoms with Crippen molar-refractivity contribution in [3.63, 3.8) is 0 Å². The van der Waals surface area contributed by atoms with Crippen LogP contribution in [0.4, 0.5) is 11.6 Å². The predicted octanol–water partition coefficient (Wildman–Crippen LogP) is -0.336. The first-order valence-corrected chi connectivity index (χ1v) is 4.60. The number of aromatic nitrogens is 2. The van der Waals surface area contributed by atoms with E-state index >= 15 is 0 Å². The SMILES string of the molecule is Cc1nc2c(nc1CO)NC(C=O)N2C. The molecule has 0 radical (unpaired) electrons. The standard InChI is InChI=1S/C9H12N4O2/c1-5-6(3-14)11-8-9(10-5)13(2)7(4-15)12-8/h4,7,14H,3H2,1-2H3,(H,11,12). The third-order valence-electron chi connectivity index (χ3n) is 2.46. The lowest BCUT2D eigenvalue weighted by molar-refractivity contribution is -0.108. The Morgan fingerprint density at radius 2 is 2.33 bits per heavy atom. The number of aliphatic hydroxyl groups excluding tert-OH is 1. The Bertz CT molecular complexity index is 407. The molecule has 0 saturated carbocycles. The molecule has 2 N–H and O–H groups in total. The molecule has 2 rings (SSSR count). The number of hydrogen-bond acceptors (Lipinski definition) is 6. The van der Waals surface area contributed by atoms with E-state index in [1.807, 2.05) is 0 Å². The van der Waals surface area contributed by atoms with Crippen molar-refractivity contribution in [2.75, 3.05) is 17.3 Å². The Kier molecular flexibility index (Phi) is 2.28. The van der Waals surface area contributed by atoms with E-state index in [0.717, 1.165) is 6.29 Å². The van der Waals surface area contributed by atoms with Gasteiger partial charge in [0, 0.05) is 7.05 Å². The van der Waals surface area contributed by atoms with Crippen molar-refractivity contribution in [3.8, 4) is 0 Å². The molecule has 1 aromatic heterocycles. The number of anilines is 2. The zero-order chi connectivity index (χ0) is 11.0. The molecule has 6 nitrogen and oxygen atoms in total. The number of fused-ring (bicyclic) bond motifs is 1. The molecule has 1 aliphatic rings. The minimum atomic E-state index is -0.423. The van der Waals surface area contributed by atoms with Crippen LogP contribution in [0.5, 0.6) is 0 Å². The van der Waals surface area contributed by atoms with E-state index in [0.29, 0.717) is 23.0 Å². The highest BCUT2D eigenvalue weighted by molar-refractivity contribution is 5.79. The quantitative estimate of drug-likeness (QED) is 0.648. The van der Waals surface area contributed by atoms with Gasteiger partial charge >= 0.3 is 0 Å². The maximum absolute atomic E-state index is 10.7. The van der Waals surface area contributed by atoms with Gasteiger partial charge in [0.05, 0.1) is 18.0 Å². The fraction of sp³-hybridized carbons (Fsp3) is 0.444. The first-order valence-electron chi connectivity index (χ1n) is 4.60. The van der Waals surface area contributed by atoms with E-state index in [-0.39, 0.29) is 6.61 Å². The van der Waals surface area contributed by atoms with Crippen molar-refractivity contribution in [3.05, 3.63) is 11.4 Å². The van der Waals surface area contributed by atoms with Gasteiger partial charge in [0.25, 0.3) is 0 Å². The zero-order valence-corrected chi connectivity index (χ0v) is 8.56. The molecule has 80 valence electrons. The van der Waals surface area contributed by atoms with E-state index < -0.39 is 6.17 Å². The third-order valence-corrected chi connectivity index (χ3v) is 2.46. The lowest BCUT2D eigenvalue weighted by atomic mass is 10.3. The summed E-state index contributed by atoms with van der Waals surface area (Å²) in [7, 11) is 1.77. The maximum Gasteiger partial charge on any atom is 0.173 e. The number of carbonyl (C=O) groups excluding carboxylic acids is 1. The summed E-state index contributed by atoms with van der Waals surface area (Å²) in [5, 5.41) is 11.9. The minimum Gasteiger partial charge on any atom is -0.390 e. The number of aliphatic hydroxyl groups is 1. The van der Waals surface area contributed by atoms with Gasteiger partial charge in [0.15, 0.2) is 24.1 Å². The molecule has 15 heavy (non-hydrogen) atoms. The van der Waals surface area contributed by atoms with Gasteiger partial charge in [-0.15, -0.1) is 0 Å². The first-order chi connectivity index (χ1) is 7.17. The van der Waals surface area contributed by atoms with E-state index in [4.69, 9.17) is 5.11 Å². The minimum absolute atomic E-state index is 0.150. The van der Waals surface area contributed by atoms with Crippen molar-refractivity contribution >= 4 is 17.9 Å². The number of aldehydes is 1. The average molecular weight is 208 g/mol. The molecule has 1 aliphatic heterocycles. The van der Waals surface area contributed by atoms with E-state index in [9.17, 15) is 4.79 Å². The van der Waals surface area contributed by atoms with Crippen LogP contribution < -0.4 is 10.2 Å². The molecule has 0 amide bonds. The number of carbonyl (C=O) groups is 1. The highest BCUT2D eigenvalue weighted by Gasteiger charge is 2.28. The Morgan fingerprint density at radius 1 is 1.60 bits per heavy atom. The van der Waals surface area contributed by atoms with Crippen molar-refractivity contribution in [2.45, 2.75) is 19.7 Å². The van der Waals surface area contributed by atoms with Gasteiger partial charge in [0.2, 0.25) is 0 Å². The largest absolute Gasteiger partial charge is 0.390 e. The first kappa shape index (κ1) is 9.85. The number of likely N-dealkylation sites (N-methyl/N-ethyl adjacent to an activating group) is 1. The van der Waals surface area contributed by atoms with Crippen molar-refractivity contribution in [1.29, 1.82) is 0 Å². The number of nitrogens with one attached hydrogen (secondary N) is 1. The van der Waals surface area contributed by atoms with E-state index in [2.05, 4.69) is 15.3 Å². The molecule has 0 spiro atoms. The number of hydrogen-bond donors (Lipinski definition) is 2. The van der Waals surface area contributed by atoms with Gasteiger partial charge in [-0.3, -0.25) is 4.79 Å².